The smallest absolute Gasteiger partial charge is 0.304 e. The molecule has 0 aliphatic rings. The second kappa shape index (κ2) is 8.28. The van der Waals surface area contributed by atoms with Crippen LogP contribution in [-0.2, 0) is 9.53 Å². The summed E-state index contributed by atoms with van der Waals surface area (Å²) in [5.74, 6) is -0.810. The molecule has 0 unspecified atom stereocenters. The van der Waals surface area contributed by atoms with E-state index in [0.717, 1.165) is 6.92 Å². The number of hydrazine groups is 3. The maximum atomic E-state index is 10.8. The minimum Gasteiger partial charge on any atom is -0.439 e. The second-order valence-electron chi connectivity index (χ2n) is 3.60. The van der Waals surface area contributed by atoms with Crippen molar-refractivity contribution in [2.24, 2.45) is 0 Å². The summed E-state index contributed by atoms with van der Waals surface area (Å²) >= 11 is 0. The summed E-state index contributed by atoms with van der Waals surface area (Å²) in [6.45, 7) is -0.241. The lowest BCUT2D eigenvalue weighted by Crippen LogP contribution is -2.50. The number of nitrogens with zero attached hydrogens (tertiary/aromatic N) is 6. The zero-order valence-corrected chi connectivity index (χ0v) is 11.3. The first kappa shape index (κ1) is 18.1. The third-order valence-electron chi connectivity index (χ3n) is 2.13. The first-order chi connectivity index (χ1) is 9.68. The number of esters is 1. The fraction of sp³-hybridized carbons (Fsp3) is 0.857. The minimum atomic E-state index is -1.02. The Bertz CT molecular complexity index is 416. The van der Waals surface area contributed by atoms with Crippen LogP contribution in [0.5, 0.6) is 0 Å². The van der Waals surface area contributed by atoms with E-state index in [0.29, 0.717) is 5.01 Å². The Kier molecular flexibility index (Phi) is 7.13. The molecule has 0 fully saturated rings. The van der Waals surface area contributed by atoms with Crippen LogP contribution in [0.2, 0.25) is 0 Å². The Labute approximate surface area is 117 Å². The molecule has 0 rings (SSSR count). The van der Waals surface area contributed by atoms with Gasteiger partial charge in [0.25, 0.3) is 0 Å². The molecule has 0 amide bonds. The van der Waals surface area contributed by atoms with Gasteiger partial charge in [0.15, 0.2) is 15.1 Å². The van der Waals surface area contributed by atoms with Crippen molar-refractivity contribution in [3.63, 3.8) is 0 Å². The molecule has 0 bridgehead atoms. The lowest BCUT2D eigenvalue weighted by atomic mass is 10.7. The van der Waals surface area contributed by atoms with E-state index in [9.17, 15) is 35.1 Å². The molecule has 21 heavy (non-hydrogen) atoms. The number of ether oxygens (including phenoxy) is 1. The largest absolute Gasteiger partial charge is 0.439 e. The number of carbonyl (C=O) groups excluding carboxylic acids is 1. The maximum absolute atomic E-state index is 10.8. The van der Waals surface area contributed by atoms with E-state index in [2.05, 4.69) is 4.74 Å². The Morgan fingerprint density at radius 2 is 1.38 bits per heavy atom. The molecular formula is C7H14N6O8. The minimum absolute atomic E-state index is 0.139. The molecule has 0 aromatic heterocycles. The van der Waals surface area contributed by atoms with Gasteiger partial charge < -0.3 is 4.74 Å². The zero-order valence-electron chi connectivity index (χ0n) is 11.3. The van der Waals surface area contributed by atoms with Crippen molar-refractivity contribution in [3.05, 3.63) is 30.3 Å². The fourth-order valence-corrected chi connectivity index (χ4v) is 1.10. The van der Waals surface area contributed by atoms with Crippen LogP contribution in [-0.4, -0.2) is 62.7 Å². The van der Waals surface area contributed by atoms with E-state index in [1.807, 2.05) is 0 Å². The summed E-state index contributed by atoms with van der Waals surface area (Å²) in [7, 11) is 0. The molecule has 0 saturated heterocycles. The van der Waals surface area contributed by atoms with Crippen molar-refractivity contribution in [1.82, 2.24) is 15.0 Å². The van der Waals surface area contributed by atoms with Gasteiger partial charge in [-0.05, 0) is 6.92 Å². The standard InChI is InChI=1S/C7H14N6O8/c1-3-8(11(15)16)4-9(12(17)18)5-10(13(19)20)6-21-7(2)14/h3-6H2,1-2H3. The van der Waals surface area contributed by atoms with Crippen LogP contribution in [0.15, 0.2) is 0 Å². The van der Waals surface area contributed by atoms with Gasteiger partial charge in [0, 0.05) is 6.92 Å². The summed E-state index contributed by atoms with van der Waals surface area (Å²) in [5.41, 5.74) is 0. The molecule has 0 saturated carbocycles. The predicted molar refractivity (Wildman–Crippen MR) is 63.4 cm³/mol. The highest BCUT2D eigenvalue weighted by Gasteiger charge is 2.30. The summed E-state index contributed by atoms with van der Waals surface area (Å²) in [4.78, 5) is 42.7. The Hall–Kier alpha value is -2.93. The normalized spacial score (nSPS) is 9.62. The molecule has 120 valence electrons. The van der Waals surface area contributed by atoms with Crippen molar-refractivity contribution in [3.8, 4) is 0 Å². The molecule has 0 spiro atoms. The van der Waals surface area contributed by atoms with Gasteiger partial charge in [-0.2, -0.15) is 0 Å². The molecule has 0 aliphatic heterocycles. The van der Waals surface area contributed by atoms with Gasteiger partial charge in [-0.25, -0.2) is 30.3 Å². The summed E-state index contributed by atoms with van der Waals surface area (Å²) < 4.78 is 4.37. The second-order valence-corrected chi connectivity index (χ2v) is 3.60. The highest BCUT2D eigenvalue weighted by Crippen LogP contribution is 2.00. The first-order valence-electron chi connectivity index (χ1n) is 5.50. The lowest BCUT2D eigenvalue weighted by Gasteiger charge is -2.21. The van der Waals surface area contributed by atoms with Gasteiger partial charge in [0.05, 0.1) is 6.54 Å². The fourth-order valence-electron chi connectivity index (χ4n) is 1.10. The van der Waals surface area contributed by atoms with E-state index in [4.69, 9.17) is 0 Å². The van der Waals surface area contributed by atoms with Crippen molar-refractivity contribution in [1.29, 1.82) is 0 Å². The van der Waals surface area contributed by atoms with E-state index < -0.39 is 41.1 Å². The van der Waals surface area contributed by atoms with Gasteiger partial charge >= 0.3 is 5.97 Å². The number of hydrogen-bond acceptors (Lipinski definition) is 8. The Morgan fingerprint density at radius 3 is 1.71 bits per heavy atom. The van der Waals surface area contributed by atoms with Crippen molar-refractivity contribution >= 4 is 5.97 Å². The molecule has 14 nitrogen and oxygen atoms in total. The Balaban J connectivity index is 4.85. The van der Waals surface area contributed by atoms with Gasteiger partial charge in [0.1, 0.15) is 0 Å². The molecule has 0 N–H and O–H groups in total. The molecule has 0 radical (unpaired) electrons. The van der Waals surface area contributed by atoms with Crippen LogP contribution < -0.4 is 0 Å². The number of hydrogen-bond donors (Lipinski definition) is 0. The van der Waals surface area contributed by atoms with Crippen molar-refractivity contribution in [2.75, 3.05) is 26.6 Å². The maximum Gasteiger partial charge on any atom is 0.304 e. The van der Waals surface area contributed by atoms with E-state index in [1.54, 1.807) is 0 Å². The van der Waals surface area contributed by atoms with E-state index >= 15 is 0 Å². The van der Waals surface area contributed by atoms with Gasteiger partial charge in [-0.3, -0.25) is 4.79 Å². The topological polar surface area (TPSA) is 165 Å². The third kappa shape index (κ3) is 6.69. The average molecular weight is 310 g/mol. The Morgan fingerprint density at radius 1 is 0.952 bits per heavy atom. The number of rotatable bonds is 10. The van der Waals surface area contributed by atoms with E-state index in [1.165, 1.54) is 6.92 Å². The summed E-state index contributed by atoms with van der Waals surface area (Å²) in [6, 6.07) is 0. The first-order valence-corrected chi connectivity index (χ1v) is 5.50. The highest BCUT2D eigenvalue weighted by atomic mass is 16.7. The average Bonchev–Trinajstić information content (AvgIpc) is 2.36. The van der Waals surface area contributed by atoms with Crippen LogP contribution in [0.25, 0.3) is 0 Å². The van der Waals surface area contributed by atoms with E-state index in [-0.39, 0.29) is 16.6 Å². The molecule has 0 heterocycles. The monoisotopic (exact) mass is 310 g/mol. The third-order valence-corrected chi connectivity index (χ3v) is 2.13. The molecule has 0 atom stereocenters. The summed E-state index contributed by atoms with van der Waals surface area (Å²) in [5, 5.41) is 30.2. The number of nitro groups is 3. The van der Waals surface area contributed by atoms with Crippen molar-refractivity contribution < 1.29 is 24.6 Å². The van der Waals surface area contributed by atoms with Gasteiger partial charge in [0.2, 0.25) is 20.1 Å². The van der Waals surface area contributed by atoms with Crippen LogP contribution in [0, 0.1) is 30.3 Å². The van der Waals surface area contributed by atoms with Crippen LogP contribution in [0.4, 0.5) is 0 Å². The lowest BCUT2D eigenvalue weighted by molar-refractivity contribution is -0.738. The number of carbonyl (C=O) groups is 1. The summed E-state index contributed by atoms with van der Waals surface area (Å²) in [6.07, 6.45) is 0. The van der Waals surface area contributed by atoms with Crippen LogP contribution in [0.3, 0.4) is 0 Å². The highest BCUT2D eigenvalue weighted by molar-refractivity contribution is 5.65. The predicted octanol–water partition coefficient (Wildman–Crippen LogP) is -1.08. The molecule has 0 aromatic rings. The molecule has 0 aromatic carbocycles. The van der Waals surface area contributed by atoms with Crippen LogP contribution >= 0.6 is 0 Å². The SMILES string of the molecule is CCN(CN(CN(COC(C)=O)[N+](=O)[O-])[N+](=O)[O-])[N+](=O)[O-]. The molecule has 0 aliphatic carbocycles. The molecule has 14 heteroatoms. The van der Waals surface area contributed by atoms with Crippen LogP contribution in [0.1, 0.15) is 13.8 Å². The quantitative estimate of drug-likeness (QED) is 0.208. The molecular weight excluding hydrogens is 296 g/mol. The van der Waals surface area contributed by atoms with Gasteiger partial charge in [-0.15, -0.1) is 5.01 Å². The van der Waals surface area contributed by atoms with Gasteiger partial charge in [-0.1, -0.05) is 10.0 Å². The zero-order chi connectivity index (χ0) is 16.6. The van der Waals surface area contributed by atoms with Crippen molar-refractivity contribution in [2.45, 2.75) is 13.8 Å².